The average molecular weight is 246 g/mol. The number of hydrogen-bond acceptors (Lipinski definition) is 5. The lowest BCUT2D eigenvalue weighted by molar-refractivity contribution is -0.176. The molecule has 0 fully saturated rings. The second kappa shape index (κ2) is 8.98. The zero-order valence-electron chi connectivity index (χ0n) is 11.0. The quantitative estimate of drug-likeness (QED) is 0.481. The van der Waals surface area contributed by atoms with Crippen LogP contribution in [-0.4, -0.2) is 37.9 Å². The highest BCUT2D eigenvalue weighted by molar-refractivity contribution is 5.79. The molecule has 0 saturated heterocycles. The summed E-state index contributed by atoms with van der Waals surface area (Å²) in [5.41, 5.74) is 0. The molecule has 0 aliphatic carbocycles. The monoisotopic (exact) mass is 246 g/mol. The maximum atomic E-state index is 11.7. The predicted molar refractivity (Wildman–Crippen MR) is 62.5 cm³/mol. The Kier molecular flexibility index (Phi) is 8.40. The van der Waals surface area contributed by atoms with Crippen LogP contribution >= 0.6 is 0 Å². The van der Waals surface area contributed by atoms with Crippen LogP contribution in [0.5, 0.6) is 0 Å². The number of hydrogen-bond donors (Lipinski definition) is 0. The van der Waals surface area contributed by atoms with Crippen LogP contribution in [0, 0.1) is 0 Å². The molecule has 0 aromatic carbocycles. The Bertz CT molecular complexity index is 235. The van der Waals surface area contributed by atoms with E-state index in [2.05, 4.69) is 0 Å². The van der Waals surface area contributed by atoms with Crippen LogP contribution in [0.4, 0.5) is 0 Å². The van der Waals surface area contributed by atoms with E-state index < -0.39 is 24.1 Å². The van der Waals surface area contributed by atoms with Crippen molar-refractivity contribution in [1.29, 1.82) is 0 Å². The number of carbonyl (C=O) groups is 2. The molecule has 100 valence electrons. The number of methoxy groups -OCH3 is 1. The van der Waals surface area contributed by atoms with E-state index in [0.717, 1.165) is 12.8 Å². The molecule has 0 heterocycles. The van der Waals surface area contributed by atoms with Crippen LogP contribution in [-0.2, 0) is 23.8 Å². The van der Waals surface area contributed by atoms with Gasteiger partial charge in [-0.05, 0) is 12.8 Å². The molecular weight excluding hydrogens is 224 g/mol. The summed E-state index contributed by atoms with van der Waals surface area (Å²) in [5.74, 6) is -1.06. The highest BCUT2D eigenvalue weighted by Crippen LogP contribution is 2.10. The Balaban J connectivity index is 4.43. The van der Waals surface area contributed by atoms with Gasteiger partial charge in [0.15, 0.2) is 0 Å². The highest BCUT2D eigenvalue weighted by atomic mass is 16.6. The molecule has 0 rings (SSSR count). The normalized spacial score (nSPS) is 13.9. The summed E-state index contributed by atoms with van der Waals surface area (Å²) in [5, 5.41) is 0. The molecule has 0 aromatic rings. The summed E-state index contributed by atoms with van der Waals surface area (Å²) < 4.78 is 15.1. The Morgan fingerprint density at radius 1 is 1.24 bits per heavy atom. The van der Waals surface area contributed by atoms with Crippen molar-refractivity contribution in [1.82, 2.24) is 0 Å². The minimum absolute atomic E-state index is 0.341. The van der Waals surface area contributed by atoms with Gasteiger partial charge in [0.25, 0.3) is 0 Å². The number of unbranched alkanes of at least 4 members (excludes halogenated alkanes) is 1. The Hall–Kier alpha value is -1.10. The maximum absolute atomic E-state index is 11.7. The van der Waals surface area contributed by atoms with Crippen LogP contribution in [0.25, 0.3) is 0 Å². The Labute approximate surface area is 102 Å². The summed E-state index contributed by atoms with van der Waals surface area (Å²) >= 11 is 0. The molecule has 17 heavy (non-hydrogen) atoms. The molecule has 5 nitrogen and oxygen atoms in total. The second-order valence-corrected chi connectivity index (χ2v) is 3.73. The summed E-state index contributed by atoms with van der Waals surface area (Å²) in [6.45, 7) is 5.45. The molecule has 0 N–H and O–H groups in total. The van der Waals surface area contributed by atoms with E-state index in [4.69, 9.17) is 14.2 Å². The van der Waals surface area contributed by atoms with Crippen molar-refractivity contribution in [2.75, 3.05) is 13.7 Å². The van der Waals surface area contributed by atoms with Gasteiger partial charge in [-0.2, -0.15) is 0 Å². The lowest BCUT2D eigenvalue weighted by Gasteiger charge is -2.22. The summed E-state index contributed by atoms with van der Waals surface area (Å²) in [6, 6.07) is 0. The average Bonchev–Trinajstić information content (AvgIpc) is 2.29. The van der Waals surface area contributed by atoms with Crippen LogP contribution in [0.2, 0.25) is 0 Å². The van der Waals surface area contributed by atoms with Crippen molar-refractivity contribution in [3.8, 4) is 0 Å². The topological polar surface area (TPSA) is 61.8 Å². The van der Waals surface area contributed by atoms with Crippen molar-refractivity contribution in [3.05, 3.63) is 0 Å². The minimum atomic E-state index is -0.973. The first-order valence-electron chi connectivity index (χ1n) is 5.93. The van der Waals surface area contributed by atoms with Gasteiger partial charge in [-0.1, -0.05) is 20.3 Å². The molecule has 2 atom stereocenters. The van der Waals surface area contributed by atoms with Crippen molar-refractivity contribution in [3.63, 3.8) is 0 Å². The standard InChI is InChI=1S/C12H22O5/c1-5-7-8-16-12(14)11(17-9(3)13)10(6-2)15-4/h10-11H,5-8H2,1-4H3. The van der Waals surface area contributed by atoms with Crippen molar-refractivity contribution < 1.29 is 23.8 Å². The highest BCUT2D eigenvalue weighted by Gasteiger charge is 2.31. The molecule has 5 heteroatoms. The first-order valence-corrected chi connectivity index (χ1v) is 5.93. The van der Waals surface area contributed by atoms with Crippen molar-refractivity contribution in [2.24, 2.45) is 0 Å². The Morgan fingerprint density at radius 3 is 2.29 bits per heavy atom. The molecular formula is C12H22O5. The van der Waals surface area contributed by atoms with Gasteiger partial charge in [0.05, 0.1) is 6.61 Å². The van der Waals surface area contributed by atoms with Gasteiger partial charge in [-0.3, -0.25) is 4.79 Å². The first-order chi connectivity index (χ1) is 8.06. The van der Waals surface area contributed by atoms with E-state index in [1.54, 1.807) is 0 Å². The van der Waals surface area contributed by atoms with E-state index in [1.165, 1.54) is 14.0 Å². The maximum Gasteiger partial charge on any atom is 0.350 e. The zero-order valence-corrected chi connectivity index (χ0v) is 11.0. The first kappa shape index (κ1) is 15.9. The molecule has 0 bridgehead atoms. The third kappa shape index (κ3) is 6.26. The molecule has 2 unspecified atom stereocenters. The van der Waals surface area contributed by atoms with E-state index >= 15 is 0 Å². The third-order valence-electron chi connectivity index (χ3n) is 2.31. The van der Waals surface area contributed by atoms with E-state index in [9.17, 15) is 9.59 Å². The van der Waals surface area contributed by atoms with Crippen molar-refractivity contribution >= 4 is 11.9 Å². The smallest absolute Gasteiger partial charge is 0.350 e. The Morgan fingerprint density at radius 2 is 1.88 bits per heavy atom. The number of esters is 2. The zero-order chi connectivity index (χ0) is 13.3. The van der Waals surface area contributed by atoms with Gasteiger partial charge in [0.1, 0.15) is 6.10 Å². The van der Waals surface area contributed by atoms with Crippen LogP contribution < -0.4 is 0 Å². The molecule has 0 saturated carbocycles. The van der Waals surface area contributed by atoms with Gasteiger partial charge in [0, 0.05) is 14.0 Å². The van der Waals surface area contributed by atoms with Crippen LogP contribution in [0.15, 0.2) is 0 Å². The molecule has 0 aliphatic rings. The van der Waals surface area contributed by atoms with Gasteiger partial charge >= 0.3 is 11.9 Å². The SMILES string of the molecule is CCCCOC(=O)C(OC(C)=O)C(CC)OC. The lowest BCUT2D eigenvalue weighted by Crippen LogP contribution is -2.40. The number of rotatable bonds is 8. The van der Waals surface area contributed by atoms with E-state index in [0.29, 0.717) is 13.0 Å². The molecule has 0 amide bonds. The summed E-state index contributed by atoms with van der Waals surface area (Å²) in [6.07, 6.45) is 0.861. The van der Waals surface area contributed by atoms with Gasteiger partial charge in [0.2, 0.25) is 6.10 Å². The third-order valence-corrected chi connectivity index (χ3v) is 2.31. The molecule has 0 aliphatic heterocycles. The van der Waals surface area contributed by atoms with Crippen LogP contribution in [0.1, 0.15) is 40.0 Å². The van der Waals surface area contributed by atoms with Gasteiger partial charge in [-0.15, -0.1) is 0 Å². The molecule has 0 radical (unpaired) electrons. The van der Waals surface area contributed by atoms with Gasteiger partial charge in [-0.25, -0.2) is 4.79 Å². The van der Waals surface area contributed by atoms with Gasteiger partial charge < -0.3 is 14.2 Å². The predicted octanol–water partition coefficient (Wildman–Crippen LogP) is 1.69. The second-order valence-electron chi connectivity index (χ2n) is 3.73. The fourth-order valence-corrected chi connectivity index (χ4v) is 1.36. The fraction of sp³-hybridized carbons (Fsp3) is 0.833. The number of ether oxygens (including phenoxy) is 3. The molecule has 0 spiro atoms. The minimum Gasteiger partial charge on any atom is -0.463 e. The van der Waals surface area contributed by atoms with E-state index in [1.807, 2.05) is 13.8 Å². The lowest BCUT2D eigenvalue weighted by atomic mass is 10.1. The van der Waals surface area contributed by atoms with Crippen molar-refractivity contribution in [2.45, 2.75) is 52.2 Å². The summed E-state index contributed by atoms with van der Waals surface area (Å²) in [4.78, 5) is 22.7. The van der Waals surface area contributed by atoms with E-state index in [-0.39, 0.29) is 0 Å². The largest absolute Gasteiger partial charge is 0.463 e. The van der Waals surface area contributed by atoms with Crippen LogP contribution in [0.3, 0.4) is 0 Å². The summed E-state index contributed by atoms with van der Waals surface area (Å²) in [7, 11) is 1.48. The number of carbonyl (C=O) groups excluding carboxylic acids is 2. The molecule has 0 aromatic heterocycles. The fourth-order valence-electron chi connectivity index (χ4n) is 1.36.